The highest BCUT2D eigenvalue weighted by molar-refractivity contribution is 6.32. The molecular weight excluding hydrogens is 274 g/mol. The number of aromatic nitrogens is 3. The van der Waals surface area contributed by atoms with E-state index >= 15 is 0 Å². The Balaban J connectivity index is 2.66. The zero-order valence-electron chi connectivity index (χ0n) is 9.99. The molecule has 2 aromatic rings. The summed E-state index contributed by atoms with van der Waals surface area (Å²) in [5.74, 6) is 0.262. The van der Waals surface area contributed by atoms with Crippen LogP contribution < -0.4 is 0 Å². The maximum Gasteiger partial charge on any atom is 0.232 e. The third-order valence-corrected chi connectivity index (χ3v) is 2.98. The van der Waals surface area contributed by atoms with E-state index in [1.165, 1.54) is 10.9 Å². The van der Waals surface area contributed by atoms with Crippen molar-refractivity contribution in [2.24, 2.45) is 0 Å². The third kappa shape index (κ3) is 2.46. The minimum atomic E-state index is -1.62. The number of pyridine rings is 1. The van der Waals surface area contributed by atoms with Crippen LogP contribution in [0.25, 0.3) is 5.82 Å². The van der Waals surface area contributed by atoms with Crippen molar-refractivity contribution in [3.8, 4) is 5.82 Å². The Hall–Kier alpha value is -1.51. The summed E-state index contributed by atoms with van der Waals surface area (Å²) in [7, 11) is 0. The first-order valence-corrected chi connectivity index (χ1v) is 5.76. The Kier molecular flexibility index (Phi) is 4.13. The summed E-state index contributed by atoms with van der Waals surface area (Å²) < 4.78 is 1.23. The largest absolute Gasteiger partial charge is 0.390 e. The van der Waals surface area contributed by atoms with E-state index in [4.69, 9.17) is 16.9 Å². The van der Waals surface area contributed by atoms with Gasteiger partial charge in [0, 0.05) is 11.8 Å². The van der Waals surface area contributed by atoms with Gasteiger partial charge >= 0.3 is 0 Å². The van der Waals surface area contributed by atoms with Crippen LogP contribution in [-0.2, 0) is 11.5 Å². The van der Waals surface area contributed by atoms with Gasteiger partial charge in [-0.2, -0.15) is 5.10 Å². The monoisotopic (exact) mass is 285 g/mol. The number of aliphatic hydroxyl groups excluding tert-OH is 2. The Bertz CT molecular complexity index is 587. The highest BCUT2D eigenvalue weighted by atomic mass is 35.5. The molecule has 0 aromatic carbocycles. The van der Waals surface area contributed by atoms with Crippen molar-refractivity contribution in [3.63, 3.8) is 0 Å². The van der Waals surface area contributed by atoms with Crippen molar-refractivity contribution < 1.29 is 20.4 Å². The average Bonchev–Trinajstić information content (AvgIpc) is 2.75. The van der Waals surface area contributed by atoms with Crippen molar-refractivity contribution in [1.29, 1.82) is 0 Å². The van der Waals surface area contributed by atoms with Crippen LogP contribution in [0, 0.1) is 6.92 Å². The third-order valence-electron chi connectivity index (χ3n) is 2.69. The van der Waals surface area contributed by atoms with Gasteiger partial charge in [0.15, 0.2) is 5.82 Å². The molecule has 0 aliphatic rings. The average molecular weight is 286 g/mol. The molecule has 8 heteroatoms. The highest BCUT2D eigenvalue weighted by Gasteiger charge is 2.24. The van der Waals surface area contributed by atoms with Gasteiger partial charge in [-0.3, -0.25) is 0 Å². The Morgan fingerprint density at radius 3 is 2.84 bits per heavy atom. The van der Waals surface area contributed by atoms with Crippen LogP contribution in [0.1, 0.15) is 23.2 Å². The van der Waals surface area contributed by atoms with Crippen molar-refractivity contribution in [2.75, 3.05) is 0 Å². The van der Waals surface area contributed by atoms with E-state index in [1.807, 2.05) is 0 Å². The Morgan fingerprint density at radius 1 is 1.53 bits per heavy atom. The number of rotatable bonds is 4. The molecule has 3 N–H and O–H groups in total. The molecule has 1 unspecified atom stereocenters. The normalized spacial score (nSPS) is 12.7. The lowest BCUT2D eigenvalue weighted by atomic mass is 10.2. The molecule has 0 saturated carbocycles. The molecule has 1 atom stereocenters. The predicted octanol–water partition coefficient (Wildman–Crippen LogP) is 1.20. The van der Waals surface area contributed by atoms with Gasteiger partial charge in [0.2, 0.25) is 6.29 Å². The van der Waals surface area contributed by atoms with E-state index in [0.717, 1.165) is 0 Å². The molecule has 0 amide bonds. The van der Waals surface area contributed by atoms with E-state index in [0.29, 0.717) is 16.3 Å². The number of nitrogens with zero attached hydrogens (tertiary/aromatic N) is 3. The lowest BCUT2D eigenvalue weighted by Gasteiger charge is -2.11. The van der Waals surface area contributed by atoms with Crippen LogP contribution in [0.3, 0.4) is 0 Å². The van der Waals surface area contributed by atoms with Crippen LogP contribution in [0.5, 0.6) is 0 Å². The first-order chi connectivity index (χ1) is 9.10. The number of hydrogen-bond acceptors (Lipinski definition) is 6. The minimum absolute atomic E-state index is 0.146. The SMILES string of the molecule is Cc1c(CO)nn(-c2ncccc2Cl)c1C(O)OO. The van der Waals surface area contributed by atoms with Gasteiger partial charge in [-0.25, -0.2) is 19.8 Å². The van der Waals surface area contributed by atoms with Gasteiger partial charge < -0.3 is 10.2 Å². The molecule has 0 aliphatic heterocycles. The predicted molar refractivity (Wildman–Crippen MR) is 65.7 cm³/mol. The molecule has 0 radical (unpaired) electrons. The van der Waals surface area contributed by atoms with E-state index in [-0.39, 0.29) is 18.1 Å². The van der Waals surface area contributed by atoms with Gasteiger partial charge in [0.1, 0.15) is 5.69 Å². The summed E-state index contributed by atoms with van der Waals surface area (Å²) in [4.78, 5) is 7.97. The van der Waals surface area contributed by atoms with Crippen LogP contribution in [0.4, 0.5) is 0 Å². The van der Waals surface area contributed by atoms with Gasteiger partial charge in [0.05, 0.1) is 17.3 Å². The van der Waals surface area contributed by atoms with Crippen LogP contribution in [-0.4, -0.2) is 30.2 Å². The zero-order chi connectivity index (χ0) is 14.0. The molecule has 2 heterocycles. The van der Waals surface area contributed by atoms with Crippen molar-refractivity contribution in [3.05, 3.63) is 40.3 Å². The summed E-state index contributed by atoms with van der Waals surface area (Å²) in [5, 5.41) is 31.9. The summed E-state index contributed by atoms with van der Waals surface area (Å²) in [5.41, 5.74) is 0.950. The quantitative estimate of drug-likeness (QED) is 0.443. The van der Waals surface area contributed by atoms with Crippen molar-refractivity contribution in [2.45, 2.75) is 19.8 Å². The highest BCUT2D eigenvalue weighted by Crippen LogP contribution is 2.26. The standard InChI is InChI=1S/C11H12ClN3O4/c1-6-8(5-16)14-15(9(6)11(17)19-18)10-7(12)3-2-4-13-10/h2-4,11,16-18H,5H2,1H3. The molecule has 2 aromatic heterocycles. The Labute approximate surface area is 113 Å². The molecule has 0 spiro atoms. The molecule has 0 aliphatic carbocycles. The molecule has 102 valence electrons. The number of hydrogen-bond donors (Lipinski definition) is 3. The lowest BCUT2D eigenvalue weighted by Crippen LogP contribution is -2.11. The second-order valence-corrected chi connectivity index (χ2v) is 4.20. The molecule has 0 bridgehead atoms. The van der Waals surface area contributed by atoms with Gasteiger partial charge in [0.25, 0.3) is 0 Å². The van der Waals surface area contributed by atoms with Crippen LogP contribution >= 0.6 is 11.6 Å². The smallest absolute Gasteiger partial charge is 0.232 e. The number of halogens is 1. The fourth-order valence-corrected chi connectivity index (χ4v) is 1.94. The Morgan fingerprint density at radius 2 is 2.26 bits per heavy atom. The second-order valence-electron chi connectivity index (χ2n) is 3.79. The molecule has 7 nitrogen and oxygen atoms in total. The molecule has 19 heavy (non-hydrogen) atoms. The van der Waals surface area contributed by atoms with Crippen LogP contribution in [0.15, 0.2) is 18.3 Å². The second kappa shape index (κ2) is 5.64. The van der Waals surface area contributed by atoms with Crippen molar-refractivity contribution >= 4 is 11.6 Å². The first kappa shape index (κ1) is 13.9. The van der Waals surface area contributed by atoms with Crippen molar-refractivity contribution in [1.82, 2.24) is 14.8 Å². The van der Waals surface area contributed by atoms with E-state index < -0.39 is 6.29 Å². The summed E-state index contributed by atoms with van der Waals surface area (Å²) in [6.45, 7) is 1.30. The van der Waals surface area contributed by atoms with Gasteiger partial charge in [-0.1, -0.05) is 11.6 Å². The number of aliphatic hydroxyl groups is 2. The molecule has 0 saturated heterocycles. The van der Waals surface area contributed by atoms with E-state index in [9.17, 15) is 10.2 Å². The topological polar surface area (TPSA) is 101 Å². The van der Waals surface area contributed by atoms with Gasteiger partial charge in [-0.05, 0) is 19.1 Å². The van der Waals surface area contributed by atoms with E-state index in [2.05, 4.69) is 15.0 Å². The zero-order valence-corrected chi connectivity index (χ0v) is 10.7. The maximum atomic E-state index is 9.67. The summed E-state index contributed by atoms with van der Waals surface area (Å²) >= 11 is 6.01. The van der Waals surface area contributed by atoms with Crippen LogP contribution in [0.2, 0.25) is 5.02 Å². The first-order valence-electron chi connectivity index (χ1n) is 5.38. The summed E-state index contributed by atoms with van der Waals surface area (Å²) in [6, 6.07) is 3.25. The minimum Gasteiger partial charge on any atom is -0.390 e. The fourth-order valence-electron chi connectivity index (χ4n) is 1.74. The van der Waals surface area contributed by atoms with Gasteiger partial charge in [-0.15, -0.1) is 0 Å². The molecule has 2 rings (SSSR count). The lowest BCUT2D eigenvalue weighted by molar-refractivity contribution is -0.340. The fraction of sp³-hybridized carbons (Fsp3) is 0.273. The summed E-state index contributed by atoms with van der Waals surface area (Å²) in [6.07, 6.45) is -0.113. The van der Waals surface area contributed by atoms with E-state index in [1.54, 1.807) is 19.1 Å². The molecular formula is C11H12ClN3O4. The molecule has 0 fully saturated rings. The maximum absolute atomic E-state index is 9.67.